The van der Waals surface area contributed by atoms with Gasteiger partial charge in [-0.3, -0.25) is 4.90 Å². The highest BCUT2D eigenvalue weighted by Crippen LogP contribution is 2.32. The summed E-state index contributed by atoms with van der Waals surface area (Å²) in [6.45, 7) is 7.58. The number of benzene rings is 1. The number of likely N-dealkylation sites (tertiary alicyclic amines) is 1. The lowest BCUT2D eigenvalue weighted by Crippen LogP contribution is -2.35. The lowest BCUT2D eigenvalue weighted by Gasteiger charge is -2.33. The summed E-state index contributed by atoms with van der Waals surface area (Å²) in [6, 6.07) is 12.9. The maximum Gasteiger partial charge on any atom is 0.123 e. The number of pyridine rings is 1. The SMILES string of the molecule is CC(C)n1c([C@H]2CCCN(Cc3ccnc(N)c3)C2)nc2ccccc21. The molecule has 0 aliphatic carbocycles. The van der Waals surface area contributed by atoms with Gasteiger partial charge in [-0.15, -0.1) is 0 Å². The quantitative estimate of drug-likeness (QED) is 0.774. The van der Waals surface area contributed by atoms with Gasteiger partial charge in [0, 0.05) is 31.2 Å². The average Bonchev–Trinajstić information content (AvgIpc) is 3.02. The molecule has 5 heteroatoms. The Bertz CT molecular complexity index is 898. The van der Waals surface area contributed by atoms with E-state index >= 15 is 0 Å². The number of nitrogen functional groups attached to an aromatic ring is 1. The van der Waals surface area contributed by atoms with Gasteiger partial charge in [0.25, 0.3) is 0 Å². The van der Waals surface area contributed by atoms with Crippen molar-refractivity contribution < 1.29 is 0 Å². The molecule has 0 radical (unpaired) electrons. The van der Waals surface area contributed by atoms with E-state index in [0.29, 0.717) is 17.8 Å². The number of aromatic nitrogens is 3. The van der Waals surface area contributed by atoms with Gasteiger partial charge in [0.2, 0.25) is 0 Å². The van der Waals surface area contributed by atoms with Gasteiger partial charge in [-0.1, -0.05) is 12.1 Å². The van der Waals surface area contributed by atoms with Crippen molar-refractivity contribution in [2.45, 2.75) is 45.2 Å². The maximum absolute atomic E-state index is 5.84. The predicted octanol–water partition coefficient (Wildman–Crippen LogP) is 3.97. The van der Waals surface area contributed by atoms with Crippen molar-refractivity contribution in [2.75, 3.05) is 18.8 Å². The van der Waals surface area contributed by atoms with E-state index in [9.17, 15) is 0 Å². The Morgan fingerprint density at radius 3 is 2.88 bits per heavy atom. The fourth-order valence-corrected chi connectivity index (χ4v) is 4.15. The molecule has 0 spiro atoms. The first-order valence-corrected chi connectivity index (χ1v) is 9.51. The largest absolute Gasteiger partial charge is 0.384 e. The molecule has 0 unspecified atom stereocenters. The highest BCUT2D eigenvalue weighted by Gasteiger charge is 2.27. The molecule has 3 aromatic rings. The first-order chi connectivity index (χ1) is 12.6. The van der Waals surface area contributed by atoms with Gasteiger partial charge in [-0.2, -0.15) is 0 Å². The lowest BCUT2D eigenvalue weighted by molar-refractivity contribution is 0.194. The molecule has 26 heavy (non-hydrogen) atoms. The smallest absolute Gasteiger partial charge is 0.123 e. The lowest BCUT2D eigenvalue weighted by atomic mass is 9.96. The molecule has 0 saturated carbocycles. The van der Waals surface area contributed by atoms with Crippen molar-refractivity contribution in [2.24, 2.45) is 0 Å². The van der Waals surface area contributed by atoms with Gasteiger partial charge in [0.1, 0.15) is 11.6 Å². The van der Waals surface area contributed by atoms with Crippen LogP contribution in [0.4, 0.5) is 5.82 Å². The molecule has 1 aromatic carbocycles. The van der Waals surface area contributed by atoms with E-state index in [4.69, 9.17) is 10.7 Å². The number of imidazole rings is 1. The maximum atomic E-state index is 5.84. The van der Waals surface area contributed by atoms with Crippen molar-refractivity contribution in [1.29, 1.82) is 0 Å². The van der Waals surface area contributed by atoms with Crippen LogP contribution >= 0.6 is 0 Å². The van der Waals surface area contributed by atoms with E-state index in [2.05, 4.69) is 58.6 Å². The summed E-state index contributed by atoms with van der Waals surface area (Å²) in [7, 11) is 0. The van der Waals surface area contributed by atoms with E-state index in [0.717, 1.165) is 25.2 Å². The zero-order valence-electron chi connectivity index (χ0n) is 15.6. The van der Waals surface area contributed by atoms with Crippen molar-refractivity contribution in [3.63, 3.8) is 0 Å². The number of fused-ring (bicyclic) bond motifs is 1. The molecule has 5 nitrogen and oxygen atoms in total. The van der Waals surface area contributed by atoms with Crippen molar-refractivity contribution in [1.82, 2.24) is 19.4 Å². The van der Waals surface area contributed by atoms with Crippen LogP contribution in [-0.2, 0) is 6.54 Å². The molecule has 2 N–H and O–H groups in total. The Labute approximate surface area is 154 Å². The molecule has 1 aliphatic rings. The van der Waals surface area contributed by atoms with Crippen LogP contribution in [-0.4, -0.2) is 32.5 Å². The van der Waals surface area contributed by atoms with Gasteiger partial charge in [-0.25, -0.2) is 9.97 Å². The molecule has 2 aromatic heterocycles. The summed E-state index contributed by atoms with van der Waals surface area (Å²) in [5.74, 6) is 2.30. The summed E-state index contributed by atoms with van der Waals surface area (Å²) in [5, 5.41) is 0. The average molecular weight is 349 g/mol. The van der Waals surface area contributed by atoms with Crippen molar-refractivity contribution in [3.05, 3.63) is 54.0 Å². The third kappa shape index (κ3) is 3.31. The third-order valence-corrected chi connectivity index (χ3v) is 5.26. The fraction of sp³-hybridized carbons (Fsp3) is 0.429. The molecule has 0 bridgehead atoms. The molecule has 3 heterocycles. The van der Waals surface area contributed by atoms with Gasteiger partial charge >= 0.3 is 0 Å². The minimum absolute atomic E-state index is 0.410. The number of hydrogen-bond donors (Lipinski definition) is 1. The van der Waals surface area contributed by atoms with E-state index in [1.807, 2.05) is 6.07 Å². The molecular weight excluding hydrogens is 322 g/mol. The Balaban J connectivity index is 1.60. The van der Waals surface area contributed by atoms with Gasteiger partial charge < -0.3 is 10.3 Å². The van der Waals surface area contributed by atoms with E-state index in [1.165, 1.54) is 29.7 Å². The molecule has 0 amide bonds. The summed E-state index contributed by atoms with van der Waals surface area (Å²) in [5.41, 5.74) is 9.42. The minimum Gasteiger partial charge on any atom is -0.384 e. The summed E-state index contributed by atoms with van der Waals surface area (Å²) < 4.78 is 2.42. The third-order valence-electron chi connectivity index (χ3n) is 5.26. The molecule has 136 valence electrons. The number of para-hydroxylation sites is 2. The number of rotatable bonds is 4. The van der Waals surface area contributed by atoms with Gasteiger partial charge in [0.15, 0.2) is 0 Å². The second-order valence-corrected chi connectivity index (χ2v) is 7.59. The first kappa shape index (κ1) is 17.0. The number of piperidine rings is 1. The van der Waals surface area contributed by atoms with Crippen LogP contribution < -0.4 is 5.73 Å². The second kappa shape index (κ2) is 7.08. The number of hydrogen-bond acceptors (Lipinski definition) is 4. The van der Waals surface area contributed by atoms with Gasteiger partial charge in [0.05, 0.1) is 11.0 Å². The van der Waals surface area contributed by atoms with Crippen LogP contribution in [0.25, 0.3) is 11.0 Å². The summed E-state index contributed by atoms with van der Waals surface area (Å²) >= 11 is 0. The normalized spacial score (nSPS) is 18.7. The fourth-order valence-electron chi connectivity index (χ4n) is 4.15. The standard InChI is InChI=1S/C21H27N5/c1-15(2)26-19-8-4-3-7-18(19)24-21(26)17-6-5-11-25(14-17)13-16-9-10-23-20(22)12-16/h3-4,7-10,12,15,17H,5-6,11,13-14H2,1-2H3,(H2,22,23)/t17-/m0/s1. The van der Waals surface area contributed by atoms with Gasteiger partial charge in [-0.05, 0) is 63.1 Å². The van der Waals surface area contributed by atoms with Crippen LogP contribution in [0.3, 0.4) is 0 Å². The molecule has 1 atom stereocenters. The number of nitrogens with two attached hydrogens (primary N) is 1. The van der Waals surface area contributed by atoms with E-state index < -0.39 is 0 Å². The Morgan fingerprint density at radius 1 is 1.23 bits per heavy atom. The highest BCUT2D eigenvalue weighted by molar-refractivity contribution is 5.76. The number of anilines is 1. The van der Waals surface area contributed by atoms with Crippen LogP contribution in [0.2, 0.25) is 0 Å². The van der Waals surface area contributed by atoms with E-state index in [1.54, 1.807) is 6.20 Å². The zero-order valence-corrected chi connectivity index (χ0v) is 15.6. The van der Waals surface area contributed by atoms with Crippen LogP contribution in [0, 0.1) is 0 Å². The van der Waals surface area contributed by atoms with Crippen LogP contribution in [0.1, 0.15) is 50.0 Å². The Kier molecular flexibility index (Phi) is 4.64. The Hall–Kier alpha value is -2.40. The monoisotopic (exact) mass is 349 g/mol. The first-order valence-electron chi connectivity index (χ1n) is 9.51. The minimum atomic E-state index is 0.410. The molecular formula is C21H27N5. The zero-order chi connectivity index (χ0) is 18.1. The summed E-state index contributed by atoms with van der Waals surface area (Å²) in [4.78, 5) is 11.6. The van der Waals surface area contributed by atoms with Crippen LogP contribution in [0.15, 0.2) is 42.6 Å². The topological polar surface area (TPSA) is 60.0 Å². The predicted molar refractivity (Wildman–Crippen MR) is 106 cm³/mol. The Morgan fingerprint density at radius 2 is 2.08 bits per heavy atom. The summed E-state index contributed by atoms with van der Waals surface area (Å²) in [6.07, 6.45) is 4.20. The second-order valence-electron chi connectivity index (χ2n) is 7.59. The van der Waals surface area contributed by atoms with Crippen molar-refractivity contribution >= 4 is 16.9 Å². The van der Waals surface area contributed by atoms with Crippen molar-refractivity contribution in [3.8, 4) is 0 Å². The molecule has 4 rings (SSSR count). The van der Waals surface area contributed by atoms with Crippen LogP contribution in [0.5, 0.6) is 0 Å². The van der Waals surface area contributed by atoms with E-state index in [-0.39, 0.29) is 0 Å². The number of nitrogens with zero attached hydrogens (tertiary/aromatic N) is 4. The highest BCUT2D eigenvalue weighted by atomic mass is 15.2. The molecule has 1 saturated heterocycles. The molecule has 1 fully saturated rings. The molecule has 1 aliphatic heterocycles.